The zero-order valence-corrected chi connectivity index (χ0v) is 19.9. The predicted molar refractivity (Wildman–Crippen MR) is 127 cm³/mol. The van der Waals surface area contributed by atoms with E-state index in [1.165, 1.54) is 27.8 Å². The van der Waals surface area contributed by atoms with Crippen molar-refractivity contribution >= 4 is 39.3 Å². The number of hydrogen-bond acceptors (Lipinski definition) is 7. The number of nitrogens with zero attached hydrogens (tertiary/aromatic N) is 3. The van der Waals surface area contributed by atoms with Crippen LogP contribution in [-0.4, -0.2) is 56.1 Å². The van der Waals surface area contributed by atoms with Crippen LogP contribution in [0.1, 0.15) is 12.0 Å². The number of benzene rings is 2. The number of aromatic nitrogens is 1. The number of hydrogen-bond donors (Lipinski definition) is 2. The van der Waals surface area contributed by atoms with Gasteiger partial charge in [0.1, 0.15) is 11.6 Å². The van der Waals surface area contributed by atoms with Crippen molar-refractivity contribution in [2.24, 2.45) is 0 Å². The van der Waals surface area contributed by atoms with E-state index < -0.39 is 26.6 Å². The number of sulfonamides is 1. The number of carbonyl (C=O) groups is 1. The maximum Gasteiger partial charge on any atom is 0.290 e. The van der Waals surface area contributed by atoms with Crippen molar-refractivity contribution in [3.63, 3.8) is 0 Å². The van der Waals surface area contributed by atoms with E-state index in [1.807, 2.05) is 18.2 Å². The van der Waals surface area contributed by atoms with Gasteiger partial charge in [0.25, 0.3) is 16.5 Å². The number of likely N-dealkylation sites (tertiary alicyclic amines) is 1. The van der Waals surface area contributed by atoms with Crippen LogP contribution < -0.4 is 9.62 Å². The number of likely N-dealkylation sites (N-methyl/N-ethyl adjacent to an activating group) is 1. The van der Waals surface area contributed by atoms with Crippen LogP contribution in [0.25, 0.3) is 0 Å². The quantitative estimate of drug-likeness (QED) is 0.468. The fourth-order valence-corrected chi connectivity index (χ4v) is 5.46. The number of rotatable bonds is 7. The lowest BCUT2D eigenvalue weighted by atomic mass is 10.2. The molecule has 2 aromatic carbocycles. The highest BCUT2D eigenvalue weighted by Crippen LogP contribution is 2.29. The Hall–Kier alpha value is -3.09. The van der Waals surface area contributed by atoms with Crippen molar-refractivity contribution < 1.29 is 27.1 Å². The van der Waals surface area contributed by atoms with Crippen LogP contribution in [0, 0.1) is 11.6 Å². The molecule has 1 atom stereocenters. The lowest BCUT2D eigenvalue weighted by Gasteiger charge is -2.27. The third kappa shape index (κ3) is 6.27. The number of thiazole rings is 1. The molecule has 0 saturated carbocycles. The fourth-order valence-electron chi connectivity index (χ4n) is 3.78. The van der Waals surface area contributed by atoms with Crippen LogP contribution in [0.2, 0.25) is 0 Å². The van der Waals surface area contributed by atoms with Crippen molar-refractivity contribution in [2.75, 3.05) is 29.8 Å². The number of anilines is 2. The minimum absolute atomic E-state index is 0.0226. The summed E-state index contributed by atoms with van der Waals surface area (Å²) in [6, 6.07) is 12.3. The van der Waals surface area contributed by atoms with Crippen LogP contribution >= 0.6 is 11.3 Å². The van der Waals surface area contributed by atoms with Crippen LogP contribution in [0.15, 0.2) is 58.3 Å². The van der Waals surface area contributed by atoms with Gasteiger partial charge in [-0.25, -0.2) is 22.2 Å². The second-order valence-electron chi connectivity index (χ2n) is 7.60. The normalized spacial score (nSPS) is 15.9. The molecule has 1 aromatic heterocycles. The van der Waals surface area contributed by atoms with Gasteiger partial charge in [-0.05, 0) is 24.1 Å². The van der Waals surface area contributed by atoms with Crippen LogP contribution in [0.5, 0.6) is 0 Å². The van der Waals surface area contributed by atoms with Crippen molar-refractivity contribution in [1.82, 2.24) is 9.88 Å². The van der Waals surface area contributed by atoms with Gasteiger partial charge in [0.15, 0.2) is 10.7 Å². The highest BCUT2D eigenvalue weighted by Gasteiger charge is 2.30. The summed E-state index contributed by atoms with van der Waals surface area (Å²) >= 11 is 1.17. The summed E-state index contributed by atoms with van der Waals surface area (Å²) in [7, 11) is -2.66. The Kier molecular flexibility index (Phi) is 8.53. The highest BCUT2D eigenvalue weighted by atomic mass is 32.2. The lowest BCUT2D eigenvalue weighted by Crippen LogP contribution is -2.34. The van der Waals surface area contributed by atoms with E-state index in [-0.39, 0.29) is 18.3 Å². The molecule has 1 aliphatic heterocycles. The molecule has 0 radical (unpaired) electrons. The zero-order chi connectivity index (χ0) is 24.7. The molecule has 4 rings (SSSR count). The molecule has 0 amide bonds. The van der Waals surface area contributed by atoms with E-state index >= 15 is 0 Å². The van der Waals surface area contributed by atoms with E-state index in [0.29, 0.717) is 5.69 Å². The Bertz CT molecular complexity index is 1170. The van der Waals surface area contributed by atoms with Crippen molar-refractivity contribution in [1.29, 1.82) is 0 Å². The van der Waals surface area contributed by atoms with Crippen molar-refractivity contribution in [2.45, 2.75) is 23.9 Å². The number of nitrogens with one attached hydrogen (secondary N) is 1. The molecule has 8 nitrogen and oxygen atoms in total. The minimum Gasteiger partial charge on any atom is -0.483 e. The molecule has 1 aliphatic rings. The average molecular weight is 511 g/mol. The Balaban J connectivity index is 0.00000103. The predicted octanol–water partition coefficient (Wildman–Crippen LogP) is 3.63. The Labute approximate surface area is 200 Å². The summed E-state index contributed by atoms with van der Waals surface area (Å²) in [5.74, 6) is -2.25. The van der Waals surface area contributed by atoms with Gasteiger partial charge in [0.05, 0.1) is 5.51 Å². The summed E-state index contributed by atoms with van der Waals surface area (Å²) in [4.78, 5) is 15.2. The molecule has 182 valence electrons. The van der Waals surface area contributed by atoms with Crippen molar-refractivity contribution in [3.05, 3.63) is 70.6 Å². The number of carboxylic acid groups (broad SMARTS) is 1. The molecule has 3 aromatic rings. The molecule has 34 heavy (non-hydrogen) atoms. The molecular weight excluding hydrogens is 486 g/mol. The summed E-state index contributed by atoms with van der Waals surface area (Å²) in [6.45, 7) is 2.19. The third-order valence-corrected chi connectivity index (χ3v) is 7.37. The molecule has 2 N–H and O–H groups in total. The largest absolute Gasteiger partial charge is 0.483 e. The van der Waals surface area contributed by atoms with Gasteiger partial charge >= 0.3 is 0 Å². The van der Waals surface area contributed by atoms with Crippen molar-refractivity contribution in [3.8, 4) is 0 Å². The van der Waals surface area contributed by atoms with Gasteiger partial charge in [-0.3, -0.25) is 14.4 Å². The first-order valence-corrected chi connectivity index (χ1v) is 12.6. The van der Waals surface area contributed by atoms with Crippen LogP contribution in [0.3, 0.4) is 0 Å². The lowest BCUT2D eigenvalue weighted by molar-refractivity contribution is -0.122. The molecule has 0 aliphatic carbocycles. The Morgan fingerprint density at radius 2 is 1.91 bits per heavy atom. The minimum atomic E-state index is -4.43. The standard InChI is InChI=1S/C21H22F2N4O2S2.CH2O2/c1-26(16-7-8-27(12-16)11-15-5-3-2-4-6-15)17-9-18(22)21(19(23)10-17)31(28,29)25-20-13-30-14-24-20;2-1-3/h2-6,9-10,13-14,16,25H,7-8,11-12H2,1H3;1H,(H,2,3). The molecular formula is C22H24F2N4O4S2. The second kappa shape index (κ2) is 11.4. The van der Waals surface area contributed by atoms with Crippen LogP contribution in [-0.2, 0) is 21.4 Å². The van der Waals surface area contributed by atoms with E-state index in [4.69, 9.17) is 9.90 Å². The molecule has 0 bridgehead atoms. The molecule has 1 saturated heterocycles. The average Bonchev–Trinajstić information content (AvgIpc) is 3.45. The van der Waals surface area contributed by atoms with E-state index in [1.54, 1.807) is 11.9 Å². The summed E-state index contributed by atoms with van der Waals surface area (Å²) in [5, 5.41) is 8.33. The van der Waals surface area contributed by atoms with Gasteiger partial charge in [0.2, 0.25) is 0 Å². The first-order valence-electron chi connectivity index (χ1n) is 10.2. The third-order valence-electron chi connectivity index (χ3n) is 5.37. The highest BCUT2D eigenvalue weighted by molar-refractivity contribution is 7.92. The molecule has 12 heteroatoms. The molecule has 2 heterocycles. The van der Waals surface area contributed by atoms with Gasteiger partial charge < -0.3 is 10.0 Å². The molecule has 1 unspecified atom stereocenters. The SMILES string of the molecule is CN(c1cc(F)c(S(=O)(=O)Nc2cscn2)c(F)c1)C1CCN(Cc2ccccc2)C1.O=CO. The van der Waals surface area contributed by atoms with E-state index in [0.717, 1.165) is 38.2 Å². The molecule has 1 fully saturated rings. The van der Waals surface area contributed by atoms with E-state index in [9.17, 15) is 17.2 Å². The Morgan fingerprint density at radius 3 is 2.50 bits per heavy atom. The summed E-state index contributed by atoms with van der Waals surface area (Å²) in [5.41, 5.74) is 2.94. The number of halogens is 2. The van der Waals surface area contributed by atoms with E-state index in [2.05, 4.69) is 26.7 Å². The zero-order valence-electron chi connectivity index (χ0n) is 18.3. The Morgan fingerprint density at radius 1 is 1.26 bits per heavy atom. The second-order valence-corrected chi connectivity index (χ2v) is 9.94. The first-order chi connectivity index (χ1) is 16.2. The summed E-state index contributed by atoms with van der Waals surface area (Å²) in [6.07, 6.45) is 0.845. The van der Waals surface area contributed by atoms with Gasteiger partial charge in [-0.15, -0.1) is 11.3 Å². The maximum absolute atomic E-state index is 14.7. The van der Waals surface area contributed by atoms with Gasteiger partial charge in [-0.1, -0.05) is 30.3 Å². The smallest absolute Gasteiger partial charge is 0.290 e. The monoisotopic (exact) mass is 510 g/mol. The van der Waals surface area contributed by atoms with Gasteiger partial charge in [-0.2, -0.15) is 0 Å². The fraction of sp³-hybridized carbons (Fsp3) is 0.273. The van der Waals surface area contributed by atoms with Crippen LogP contribution in [0.4, 0.5) is 20.3 Å². The summed E-state index contributed by atoms with van der Waals surface area (Å²) < 4.78 is 56.5. The van der Waals surface area contributed by atoms with Gasteiger partial charge in [0, 0.05) is 43.8 Å². The maximum atomic E-state index is 14.7. The first kappa shape index (κ1) is 25.5. The molecule has 0 spiro atoms. The topological polar surface area (TPSA) is 103 Å².